The zero-order chi connectivity index (χ0) is 27.4. The van der Waals surface area contributed by atoms with Crippen molar-refractivity contribution in [2.45, 2.75) is 39.7 Å². The van der Waals surface area contributed by atoms with Crippen LogP contribution in [0.5, 0.6) is 0 Å². The minimum Gasteiger partial charge on any atom is -0.421 e. The van der Waals surface area contributed by atoms with E-state index in [1.54, 1.807) is 38.2 Å². The summed E-state index contributed by atoms with van der Waals surface area (Å²) in [7, 11) is 0. The Morgan fingerprint density at radius 3 is 2.68 bits per heavy atom. The van der Waals surface area contributed by atoms with Crippen LogP contribution in [0.15, 0.2) is 46.7 Å². The molecular weight excluding hydrogens is 610 g/mol. The number of hydrogen-bond donors (Lipinski definition) is 0. The molecule has 5 rings (SSSR count). The molecule has 4 heterocycles. The monoisotopic (exact) mass is 636 g/mol. The number of aromatic nitrogens is 1. The number of nitrogens with zero attached hydrogens (tertiary/aromatic N) is 6. The summed E-state index contributed by atoms with van der Waals surface area (Å²) in [5.41, 5.74) is 13.7. The van der Waals surface area contributed by atoms with Gasteiger partial charge in [0.25, 0.3) is 0 Å². The van der Waals surface area contributed by atoms with Crippen LogP contribution in [0.3, 0.4) is 0 Å². The van der Waals surface area contributed by atoms with Crippen LogP contribution < -0.4 is 4.90 Å². The lowest BCUT2D eigenvalue weighted by Gasteiger charge is -2.38. The van der Waals surface area contributed by atoms with Gasteiger partial charge in [-0.25, -0.2) is 0 Å². The number of azide groups is 1. The maximum atomic E-state index is 16.7. The lowest BCUT2D eigenvalue weighted by atomic mass is 9.64. The van der Waals surface area contributed by atoms with E-state index in [0.29, 0.717) is 27.8 Å². The second-order valence-electron chi connectivity index (χ2n) is 9.92. The zero-order valence-corrected chi connectivity index (χ0v) is 23.4. The van der Waals surface area contributed by atoms with Crippen molar-refractivity contribution >= 4 is 52.8 Å². The molecule has 2 aromatic rings. The van der Waals surface area contributed by atoms with Gasteiger partial charge in [-0.2, -0.15) is 13.2 Å². The molecule has 0 spiro atoms. The van der Waals surface area contributed by atoms with E-state index < -0.39 is 12.8 Å². The summed E-state index contributed by atoms with van der Waals surface area (Å²) in [5, 5.41) is 3.62. The number of halogens is 5. The number of hydrogen-bond acceptors (Lipinski definition) is 2. The standard InChI is InChI=1S/C26H26BF4IN6/c1-16-13-21(8-6-19-7-9-22-20(14-19)5-4-11-36(22)12-10-34-35-33)38-23(16)15-24-17(2)25(32)18(3)37(24)27(38,31)26(28,29)30/h6-9,13-15H,4-5,10-12H2,1-3H3/b8-6+. The van der Waals surface area contributed by atoms with Crippen molar-refractivity contribution in [3.63, 3.8) is 0 Å². The molecule has 0 saturated heterocycles. The Balaban J connectivity index is 1.57. The van der Waals surface area contributed by atoms with Crippen molar-refractivity contribution in [2.24, 2.45) is 5.11 Å². The third-order valence-electron chi connectivity index (χ3n) is 7.63. The van der Waals surface area contributed by atoms with E-state index in [1.807, 2.05) is 40.8 Å². The molecule has 0 radical (unpaired) electrons. The Morgan fingerprint density at radius 1 is 1.21 bits per heavy atom. The fourth-order valence-electron chi connectivity index (χ4n) is 5.82. The van der Waals surface area contributed by atoms with Gasteiger partial charge in [-0.3, -0.25) is 0 Å². The van der Waals surface area contributed by atoms with Gasteiger partial charge in [0.1, 0.15) is 0 Å². The van der Waals surface area contributed by atoms with Gasteiger partial charge in [-0.05, 0) is 102 Å². The normalized spacial score (nSPS) is 20.7. The van der Waals surface area contributed by atoms with E-state index >= 15 is 4.32 Å². The molecule has 38 heavy (non-hydrogen) atoms. The maximum Gasteiger partial charge on any atom is 0.649 e. The van der Waals surface area contributed by atoms with E-state index in [2.05, 4.69) is 14.9 Å². The molecule has 3 aliphatic heterocycles. The molecule has 0 N–H and O–H groups in total. The van der Waals surface area contributed by atoms with Gasteiger partial charge in [-0.15, -0.1) is 0 Å². The summed E-state index contributed by atoms with van der Waals surface area (Å²) in [4.78, 5) is 4.98. The Hall–Kier alpha value is -2.99. The Labute approximate surface area is 231 Å². The minimum atomic E-state index is -5.13. The molecule has 0 bridgehead atoms. The molecule has 12 heteroatoms. The van der Waals surface area contributed by atoms with Gasteiger partial charge in [0.2, 0.25) is 0 Å². The predicted octanol–water partition coefficient (Wildman–Crippen LogP) is 7.11. The van der Waals surface area contributed by atoms with Crippen LogP contribution in [0.25, 0.3) is 22.6 Å². The fraction of sp³-hybridized carbons (Fsp3) is 0.346. The number of allylic oxidation sites excluding steroid dienone is 3. The van der Waals surface area contributed by atoms with Gasteiger partial charge in [0.05, 0.1) is 0 Å². The predicted molar refractivity (Wildman–Crippen MR) is 152 cm³/mol. The molecule has 1 aromatic heterocycles. The first kappa shape index (κ1) is 26.6. The van der Waals surface area contributed by atoms with E-state index in [0.717, 1.165) is 45.2 Å². The Morgan fingerprint density at radius 2 is 1.97 bits per heavy atom. The molecular formula is C26H26BF4IN6. The first-order valence-electron chi connectivity index (χ1n) is 12.4. The van der Waals surface area contributed by atoms with Crippen molar-refractivity contribution in [1.29, 1.82) is 0 Å². The number of aryl methyl sites for hydroxylation is 1. The molecule has 0 saturated carbocycles. The topological polar surface area (TPSA) is 59.9 Å². The lowest BCUT2D eigenvalue weighted by molar-refractivity contribution is -0.373. The second-order valence-corrected chi connectivity index (χ2v) is 11.0. The highest BCUT2D eigenvalue weighted by Gasteiger charge is 2.69. The highest BCUT2D eigenvalue weighted by Crippen LogP contribution is 2.44. The van der Waals surface area contributed by atoms with Crippen LogP contribution in [-0.2, 0) is 6.42 Å². The van der Waals surface area contributed by atoms with E-state index in [4.69, 9.17) is 5.53 Å². The summed E-state index contributed by atoms with van der Waals surface area (Å²) in [5.74, 6) is 0. The first-order valence-corrected chi connectivity index (χ1v) is 13.5. The molecule has 0 amide bonds. The smallest absolute Gasteiger partial charge is 0.421 e. The van der Waals surface area contributed by atoms with Gasteiger partial charge in [0, 0.05) is 63.3 Å². The average molecular weight is 636 g/mol. The summed E-state index contributed by atoms with van der Waals surface area (Å²) < 4.78 is 62.9. The van der Waals surface area contributed by atoms with Crippen molar-refractivity contribution in [3.05, 3.63) is 83.7 Å². The van der Waals surface area contributed by atoms with Crippen molar-refractivity contribution < 1.29 is 22.0 Å². The van der Waals surface area contributed by atoms with Crippen LogP contribution in [-0.4, -0.2) is 47.1 Å². The highest BCUT2D eigenvalue weighted by molar-refractivity contribution is 14.1. The SMILES string of the molecule is CC1=CC(/C=C/c2ccc3c(c2)CCCN3CCN=[N+]=[N-])=[N+]2C1=Cc1c(C)c(I)c(C)n1[B-]2(F)C(F)(F)F. The molecule has 1 atom stereocenters. The van der Waals surface area contributed by atoms with Crippen molar-refractivity contribution in [2.75, 3.05) is 24.5 Å². The molecule has 6 nitrogen and oxygen atoms in total. The molecule has 0 aliphatic carbocycles. The molecule has 198 valence electrons. The zero-order valence-electron chi connectivity index (χ0n) is 21.2. The van der Waals surface area contributed by atoms with Gasteiger partial charge in [0.15, 0.2) is 11.4 Å². The molecule has 1 aromatic carbocycles. The Bertz CT molecular complexity index is 1510. The largest absolute Gasteiger partial charge is 0.649 e. The van der Waals surface area contributed by atoms with Crippen molar-refractivity contribution in [1.82, 2.24) is 4.48 Å². The van der Waals surface area contributed by atoms with Crippen LogP contribution in [0.2, 0.25) is 0 Å². The van der Waals surface area contributed by atoms with Crippen LogP contribution in [0.1, 0.15) is 41.4 Å². The average Bonchev–Trinajstić information content (AvgIpc) is 3.31. The first-order chi connectivity index (χ1) is 18.0. The number of rotatable bonds is 5. The summed E-state index contributed by atoms with van der Waals surface area (Å²) in [6, 6.07) is 5.90. The van der Waals surface area contributed by atoms with E-state index in [-0.39, 0.29) is 22.8 Å². The molecule has 3 aliphatic rings. The summed E-state index contributed by atoms with van der Waals surface area (Å²) in [6.45, 7) is 2.19. The molecule has 1 unspecified atom stereocenters. The van der Waals surface area contributed by atoms with Crippen LogP contribution in [0.4, 0.5) is 23.2 Å². The van der Waals surface area contributed by atoms with Crippen LogP contribution >= 0.6 is 22.6 Å². The summed E-state index contributed by atoms with van der Waals surface area (Å²) >= 11 is 1.99. The third-order valence-corrected chi connectivity index (χ3v) is 9.22. The lowest BCUT2D eigenvalue weighted by Crippen LogP contribution is -2.64. The summed E-state index contributed by atoms with van der Waals surface area (Å²) in [6.07, 6.45) is 3.28. The van der Waals surface area contributed by atoms with Crippen molar-refractivity contribution in [3.8, 4) is 0 Å². The number of alkyl halides is 3. The van der Waals surface area contributed by atoms with Crippen LogP contribution in [0, 0.1) is 17.4 Å². The minimum absolute atomic E-state index is 0.161. The maximum absolute atomic E-state index is 16.7. The van der Waals surface area contributed by atoms with E-state index in [1.165, 1.54) is 6.92 Å². The molecule has 0 fully saturated rings. The second kappa shape index (κ2) is 9.64. The number of benzene rings is 1. The number of fused-ring (bicyclic) bond motifs is 3. The number of anilines is 1. The van der Waals surface area contributed by atoms with Gasteiger partial charge < -0.3 is 18.2 Å². The third kappa shape index (κ3) is 4.08. The van der Waals surface area contributed by atoms with E-state index in [9.17, 15) is 13.2 Å². The highest BCUT2D eigenvalue weighted by atomic mass is 127. The van der Waals surface area contributed by atoms with Gasteiger partial charge in [-0.1, -0.05) is 11.2 Å². The fourth-order valence-corrected chi connectivity index (χ4v) is 6.35. The van der Waals surface area contributed by atoms with Gasteiger partial charge >= 0.3 is 12.8 Å². The Kier molecular flexibility index (Phi) is 6.75. The quantitative estimate of drug-likeness (QED) is 0.0863.